The van der Waals surface area contributed by atoms with Crippen molar-refractivity contribution < 1.29 is 14.7 Å². The number of rotatable bonds is 5. The zero-order chi connectivity index (χ0) is 10.4. The van der Waals surface area contributed by atoms with Gasteiger partial charge in [-0.15, -0.1) is 0 Å². The van der Waals surface area contributed by atoms with E-state index in [0.717, 1.165) is 0 Å². The normalized spacial score (nSPS) is 14.2. The zero-order valence-corrected chi connectivity index (χ0v) is 7.36. The summed E-state index contributed by atoms with van der Waals surface area (Å²) in [6, 6.07) is 1.68. The minimum Gasteiger partial charge on any atom is -0.393 e. The van der Waals surface area contributed by atoms with Crippen molar-refractivity contribution in [1.82, 2.24) is 0 Å². The molecule has 0 bridgehead atoms. The van der Waals surface area contributed by atoms with Crippen molar-refractivity contribution in [2.24, 2.45) is 11.7 Å². The first-order valence-corrected chi connectivity index (χ1v) is 3.86. The molecule has 2 atom stereocenters. The summed E-state index contributed by atoms with van der Waals surface area (Å²) in [7, 11) is 0. The standard InChI is InChI=1S/C8H12N2O3/c1-5(11)2-7(12)6(4-9)3-8(10)13/h5-6,11H,2-3H2,1H3,(H2,10,13). The maximum atomic E-state index is 11.1. The molecule has 0 aromatic heterocycles. The van der Waals surface area contributed by atoms with Crippen molar-refractivity contribution in [2.75, 3.05) is 0 Å². The Kier molecular flexibility index (Phi) is 4.70. The Balaban J connectivity index is 4.18. The van der Waals surface area contributed by atoms with Crippen LogP contribution < -0.4 is 5.73 Å². The Bertz CT molecular complexity index is 242. The van der Waals surface area contributed by atoms with E-state index in [9.17, 15) is 9.59 Å². The predicted molar refractivity (Wildman–Crippen MR) is 44.2 cm³/mol. The molecule has 72 valence electrons. The van der Waals surface area contributed by atoms with Crippen LogP contribution in [0.4, 0.5) is 0 Å². The van der Waals surface area contributed by atoms with E-state index >= 15 is 0 Å². The van der Waals surface area contributed by atoms with Crippen molar-refractivity contribution in [2.45, 2.75) is 25.9 Å². The fourth-order valence-corrected chi connectivity index (χ4v) is 0.866. The Labute approximate surface area is 76.1 Å². The van der Waals surface area contributed by atoms with Gasteiger partial charge in [0.05, 0.1) is 12.2 Å². The van der Waals surface area contributed by atoms with Gasteiger partial charge in [0.15, 0.2) is 5.78 Å². The van der Waals surface area contributed by atoms with Crippen LogP contribution in [0, 0.1) is 17.2 Å². The van der Waals surface area contributed by atoms with Crippen LogP contribution in [0.15, 0.2) is 0 Å². The first-order valence-electron chi connectivity index (χ1n) is 3.86. The van der Waals surface area contributed by atoms with Gasteiger partial charge >= 0.3 is 0 Å². The van der Waals surface area contributed by atoms with Crippen LogP contribution >= 0.6 is 0 Å². The molecular weight excluding hydrogens is 172 g/mol. The number of carbonyl (C=O) groups excluding carboxylic acids is 2. The fourth-order valence-electron chi connectivity index (χ4n) is 0.866. The van der Waals surface area contributed by atoms with Crippen LogP contribution in [0.2, 0.25) is 0 Å². The number of hydrogen-bond acceptors (Lipinski definition) is 4. The third kappa shape index (κ3) is 4.93. The number of primary amides is 1. The van der Waals surface area contributed by atoms with Crippen LogP contribution in [0.25, 0.3) is 0 Å². The van der Waals surface area contributed by atoms with Gasteiger partial charge in [0, 0.05) is 12.8 Å². The minimum atomic E-state index is -1.02. The predicted octanol–water partition coefficient (Wildman–Crippen LogP) is -0.658. The lowest BCUT2D eigenvalue weighted by atomic mass is 9.97. The number of nitrogens with two attached hydrogens (primary N) is 1. The number of amides is 1. The molecule has 3 N–H and O–H groups in total. The molecule has 5 nitrogen and oxygen atoms in total. The molecule has 0 saturated heterocycles. The topological polar surface area (TPSA) is 104 Å². The Morgan fingerprint density at radius 2 is 2.08 bits per heavy atom. The molecule has 0 radical (unpaired) electrons. The highest BCUT2D eigenvalue weighted by atomic mass is 16.3. The van der Waals surface area contributed by atoms with Crippen LogP contribution in [0.5, 0.6) is 0 Å². The molecule has 5 heteroatoms. The molecule has 0 aromatic rings. The number of nitriles is 1. The Hall–Kier alpha value is -1.41. The SMILES string of the molecule is CC(O)CC(=O)C(C#N)CC(N)=O. The lowest BCUT2D eigenvalue weighted by molar-refractivity contribution is -0.127. The van der Waals surface area contributed by atoms with E-state index in [1.165, 1.54) is 6.92 Å². The highest BCUT2D eigenvalue weighted by Crippen LogP contribution is 2.07. The van der Waals surface area contributed by atoms with E-state index in [1.54, 1.807) is 6.07 Å². The summed E-state index contributed by atoms with van der Waals surface area (Å²) >= 11 is 0. The van der Waals surface area contributed by atoms with Gasteiger partial charge in [0.2, 0.25) is 5.91 Å². The summed E-state index contributed by atoms with van der Waals surface area (Å²) in [4.78, 5) is 21.5. The Morgan fingerprint density at radius 1 is 1.54 bits per heavy atom. The quantitative estimate of drug-likeness (QED) is 0.591. The molecule has 0 aliphatic rings. The summed E-state index contributed by atoms with van der Waals surface area (Å²) in [5.41, 5.74) is 4.83. The molecule has 1 amide bonds. The van der Waals surface area contributed by atoms with Gasteiger partial charge in [-0.2, -0.15) is 5.26 Å². The number of nitrogens with zero attached hydrogens (tertiary/aromatic N) is 1. The number of aliphatic hydroxyl groups is 1. The van der Waals surface area contributed by atoms with Crippen molar-refractivity contribution in [3.8, 4) is 6.07 Å². The second-order valence-electron chi connectivity index (χ2n) is 2.87. The number of aliphatic hydroxyl groups excluding tert-OH is 1. The summed E-state index contributed by atoms with van der Waals surface area (Å²) in [5.74, 6) is -2.16. The highest BCUT2D eigenvalue weighted by Gasteiger charge is 2.21. The molecular formula is C8H12N2O3. The number of ketones is 1. The summed E-state index contributed by atoms with van der Waals surface area (Å²) in [6.45, 7) is 1.44. The van der Waals surface area contributed by atoms with Crippen LogP contribution in [0.1, 0.15) is 19.8 Å². The first-order chi connectivity index (χ1) is 5.97. The average molecular weight is 184 g/mol. The van der Waals surface area contributed by atoms with Crippen molar-refractivity contribution in [3.05, 3.63) is 0 Å². The van der Waals surface area contributed by atoms with Gasteiger partial charge < -0.3 is 10.8 Å². The second kappa shape index (κ2) is 5.27. The van der Waals surface area contributed by atoms with Gasteiger partial charge in [-0.05, 0) is 6.92 Å². The van der Waals surface area contributed by atoms with E-state index in [2.05, 4.69) is 0 Å². The fraction of sp³-hybridized carbons (Fsp3) is 0.625. The molecule has 0 heterocycles. The van der Waals surface area contributed by atoms with E-state index in [0.29, 0.717) is 0 Å². The monoisotopic (exact) mass is 184 g/mol. The molecule has 0 fully saturated rings. The van der Waals surface area contributed by atoms with Gasteiger partial charge in [0.25, 0.3) is 0 Å². The van der Waals surface area contributed by atoms with E-state index in [-0.39, 0.29) is 12.8 Å². The maximum Gasteiger partial charge on any atom is 0.219 e. The lowest BCUT2D eigenvalue weighted by Gasteiger charge is -2.06. The molecule has 0 rings (SSSR count). The maximum absolute atomic E-state index is 11.1. The molecule has 0 aliphatic carbocycles. The Morgan fingerprint density at radius 3 is 2.38 bits per heavy atom. The van der Waals surface area contributed by atoms with Gasteiger partial charge in [-0.1, -0.05) is 0 Å². The largest absolute Gasteiger partial charge is 0.393 e. The van der Waals surface area contributed by atoms with Crippen molar-refractivity contribution in [1.29, 1.82) is 5.26 Å². The van der Waals surface area contributed by atoms with Gasteiger partial charge in [-0.3, -0.25) is 9.59 Å². The third-order valence-corrected chi connectivity index (χ3v) is 1.45. The lowest BCUT2D eigenvalue weighted by Crippen LogP contribution is -2.23. The highest BCUT2D eigenvalue weighted by molar-refractivity contribution is 5.88. The van der Waals surface area contributed by atoms with Crippen molar-refractivity contribution in [3.63, 3.8) is 0 Å². The molecule has 0 spiro atoms. The van der Waals surface area contributed by atoms with E-state index < -0.39 is 23.7 Å². The molecule has 13 heavy (non-hydrogen) atoms. The van der Waals surface area contributed by atoms with Gasteiger partial charge in [0.1, 0.15) is 5.92 Å². The van der Waals surface area contributed by atoms with Crippen LogP contribution in [0.3, 0.4) is 0 Å². The van der Waals surface area contributed by atoms with Crippen LogP contribution in [-0.4, -0.2) is 22.9 Å². The number of carbonyl (C=O) groups is 2. The van der Waals surface area contributed by atoms with E-state index in [1.807, 2.05) is 0 Å². The zero-order valence-electron chi connectivity index (χ0n) is 7.36. The molecule has 0 saturated carbocycles. The average Bonchev–Trinajstić information content (AvgIpc) is 1.98. The molecule has 0 aromatic carbocycles. The van der Waals surface area contributed by atoms with Crippen molar-refractivity contribution >= 4 is 11.7 Å². The van der Waals surface area contributed by atoms with E-state index in [4.69, 9.17) is 16.1 Å². The second-order valence-corrected chi connectivity index (χ2v) is 2.87. The third-order valence-electron chi connectivity index (χ3n) is 1.45. The molecule has 2 unspecified atom stereocenters. The summed E-state index contributed by atoms with van der Waals surface area (Å²) in [6.07, 6.45) is -1.19. The first kappa shape index (κ1) is 11.6. The minimum absolute atomic E-state index is 0.120. The van der Waals surface area contributed by atoms with Crippen LogP contribution in [-0.2, 0) is 9.59 Å². The molecule has 0 aliphatic heterocycles. The number of Topliss-reactive ketones (excluding diaryl/α,β-unsaturated/α-hetero) is 1. The summed E-state index contributed by atoms with van der Waals surface area (Å²) in [5, 5.41) is 17.4. The smallest absolute Gasteiger partial charge is 0.219 e. The van der Waals surface area contributed by atoms with Gasteiger partial charge in [-0.25, -0.2) is 0 Å². The number of hydrogen-bond donors (Lipinski definition) is 2. The summed E-state index contributed by atoms with van der Waals surface area (Å²) < 4.78 is 0.